The molecule has 0 atom stereocenters. The Morgan fingerprint density at radius 2 is 2.10 bits per heavy atom. The first-order valence-corrected chi connectivity index (χ1v) is 6.67. The van der Waals surface area contributed by atoms with Crippen LogP contribution in [0.4, 0.5) is 4.39 Å². The van der Waals surface area contributed by atoms with Crippen molar-refractivity contribution < 1.29 is 4.39 Å². The minimum Gasteiger partial charge on any atom is -0.353 e. The highest BCUT2D eigenvalue weighted by molar-refractivity contribution is 5.56. The van der Waals surface area contributed by atoms with E-state index in [-0.39, 0.29) is 5.82 Å². The summed E-state index contributed by atoms with van der Waals surface area (Å²) in [5.74, 6) is -0.209. The molecule has 0 aliphatic heterocycles. The molecule has 0 saturated heterocycles. The third-order valence-electron chi connectivity index (χ3n) is 2.70. The Morgan fingerprint density at radius 3 is 2.70 bits per heavy atom. The third kappa shape index (κ3) is 6.29. The molecule has 0 amide bonds. The van der Waals surface area contributed by atoms with Crippen molar-refractivity contribution in [1.29, 1.82) is 0 Å². The van der Waals surface area contributed by atoms with Crippen LogP contribution in [0.15, 0.2) is 53.7 Å². The number of hydrogen-bond donors (Lipinski definition) is 1. The van der Waals surface area contributed by atoms with Gasteiger partial charge in [-0.2, -0.15) is 0 Å². The topological polar surface area (TPSA) is 27.6 Å². The Kier molecular flexibility index (Phi) is 7.29. The highest BCUT2D eigenvalue weighted by atomic mass is 19.1. The van der Waals surface area contributed by atoms with Crippen LogP contribution in [-0.4, -0.2) is 25.0 Å². The summed E-state index contributed by atoms with van der Waals surface area (Å²) in [6, 6.07) is 6.49. The van der Waals surface area contributed by atoms with E-state index in [1.165, 1.54) is 12.1 Å². The van der Waals surface area contributed by atoms with Crippen molar-refractivity contribution in [2.24, 2.45) is 4.99 Å². The highest BCUT2D eigenvalue weighted by Crippen LogP contribution is 2.02. The van der Waals surface area contributed by atoms with Crippen LogP contribution in [0.25, 0.3) is 0 Å². The van der Waals surface area contributed by atoms with Gasteiger partial charge in [0.2, 0.25) is 0 Å². The van der Waals surface area contributed by atoms with E-state index in [2.05, 4.69) is 23.8 Å². The maximum Gasteiger partial charge on any atom is 0.123 e. The van der Waals surface area contributed by atoms with E-state index in [1.807, 2.05) is 18.0 Å². The lowest BCUT2D eigenvalue weighted by molar-refractivity contribution is 0.454. The van der Waals surface area contributed by atoms with E-state index in [1.54, 1.807) is 24.5 Å². The number of aliphatic imine (C=N–C) groups is 1. The molecule has 0 aliphatic rings. The average Bonchev–Trinajstić information content (AvgIpc) is 2.45. The van der Waals surface area contributed by atoms with Gasteiger partial charge in [0.15, 0.2) is 0 Å². The first-order chi connectivity index (χ1) is 9.65. The van der Waals surface area contributed by atoms with Gasteiger partial charge in [-0.1, -0.05) is 31.7 Å². The summed E-state index contributed by atoms with van der Waals surface area (Å²) in [5.41, 5.74) is 2.04. The van der Waals surface area contributed by atoms with Crippen LogP contribution < -0.4 is 5.32 Å². The largest absolute Gasteiger partial charge is 0.353 e. The van der Waals surface area contributed by atoms with E-state index in [4.69, 9.17) is 0 Å². The molecule has 0 aliphatic carbocycles. The quantitative estimate of drug-likeness (QED) is 0.341. The fourth-order valence-electron chi connectivity index (χ4n) is 1.58. The van der Waals surface area contributed by atoms with Gasteiger partial charge < -0.3 is 4.90 Å². The fraction of sp³-hybridized carbons (Fsp3) is 0.312. The Bertz CT molecular complexity index is 463. The van der Waals surface area contributed by atoms with Crippen LogP contribution in [0.2, 0.25) is 0 Å². The molecule has 0 fully saturated rings. The highest BCUT2D eigenvalue weighted by Gasteiger charge is 1.95. The number of halogens is 1. The summed E-state index contributed by atoms with van der Waals surface area (Å²) >= 11 is 0. The van der Waals surface area contributed by atoms with Crippen LogP contribution in [0.3, 0.4) is 0 Å². The van der Waals surface area contributed by atoms with Crippen molar-refractivity contribution in [2.75, 3.05) is 13.7 Å². The second kappa shape index (κ2) is 9.04. The molecule has 0 aromatic heterocycles. The molecule has 4 heteroatoms. The predicted molar refractivity (Wildman–Crippen MR) is 82.9 cm³/mol. The second-order valence-corrected chi connectivity index (χ2v) is 4.46. The zero-order valence-corrected chi connectivity index (χ0v) is 12.1. The molecule has 1 aromatic rings. The molecule has 3 nitrogen and oxygen atoms in total. The van der Waals surface area contributed by atoms with Crippen molar-refractivity contribution in [2.45, 2.75) is 19.9 Å². The minimum atomic E-state index is -0.209. The lowest BCUT2D eigenvalue weighted by atomic mass is 10.2. The molecule has 0 heterocycles. The van der Waals surface area contributed by atoms with Crippen molar-refractivity contribution >= 4 is 6.34 Å². The van der Waals surface area contributed by atoms with Crippen LogP contribution >= 0.6 is 0 Å². The number of benzene rings is 1. The molecule has 1 rings (SSSR count). The molecular formula is C16H22FN3. The van der Waals surface area contributed by atoms with E-state index in [0.29, 0.717) is 13.2 Å². The summed E-state index contributed by atoms with van der Waals surface area (Å²) in [6.45, 7) is 7.09. The second-order valence-electron chi connectivity index (χ2n) is 4.46. The summed E-state index contributed by atoms with van der Waals surface area (Å²) in [4.78, 5) is 6.32. The van der Waals surface area contributed by atoms with Gasteiger partial charge in [-0.25, -0.2) is 9.38 Å². The molecular weight excluding hydrogens is 253 g/mol. The minimum absolute atomic E-state index is 0.209. The molecule has 0 saturated carbocycles. The van der Waals surface area contributed by atoms with E-state index < -0.39 is 0 Å². The molecule has 20 heavy (non-hydrogen) atoms. The van der Waals surface area contributed by atoms with Crippen LogP contribution in [0.5, 0.6) is 0 Å². The maximum atomic E-state index is 12.8. The first kappa shape index (κ1) is 16.1. The molecule has 0 spiro atoms. The third-order valence-corrected chi connectivity index (χ3v) is 2.70. The zero-order valence-electron chi connectivity index (χ0n) is 12.1. The summed E-state index contributed by atoms with van der Waals surface area (Å²) < 4.78 is 12.8. The van der Waals surface area contributed by atoms with Crippen molar-refractivity contribution in [1.82, 2.24) is 10.2 Å². The van der Waals surface area contributed by atoms with Crippen molar-refractivity contribution in [3.63, 3.8) is 0 Å². The maximum absolute atomic E-state index is 12.8. The normalized spacial score (nSPS) is 11.8. The average molecular weight is 275 g/mol. The molecule has 0 bridgehead atoms. The molecule has 0 unspecified atom stereocenters. The van der Waals surface area contributed by atoms with Crippen LogP contribution in [-0.2, 0) is 6.54 Å². The van der Waals surface area contributed by atoms with Gasteiger partial charge in [-0.05, 0) is 30.2 Å². The summed E-state index contributed by atoms with van der Waals surface area (Å²) in [7, 11) is 1.95. The van der Waals surface area contributed by atoms with Gasteiger partial charge >= 0.3 is 0 Å². The van der Waals surface area contributed by atoms with E-state index in [0.717, 1.165) is 17.7 Å². The number of nitrogens with zero attached hydrogens (tertiary/aromatic N) is 2. The van der Waals surface area contributed by atoms with Crippen molar-refractivity contribution in [3.05, 3.63) is 60.1 Å². The van der Waals surface area contributed by atoms with Gasteiger partial charge in [0.25, 0.3) is 0 Å². The Morgan fingerprint density at radius 1 is 1.40 bits per heavy atom. The first-order valence-electron chi connectivity index (χ1n) is 6.67. The number of rotatable bonds is 8. The lowest BCUT2D eigenvalue weighted by Gasteiger charge is -2.14. The lowest BCUT2D eigenvalue weighted by Crippen LogP contribution is -2.29. The molecule has 0 radical (unpaired) electrons. The SMILES string of the molecule is C=C/C=C(CC)/N=C\N(C)CNCc1ccc(F)cc1. The number of nitrogens with one attached hydrogen (secondary N) is 1. The Hall–Kier alpha value is -1.94. The molecule has 108 valence electrons. The Labute approximate surface area is 120 Å². The van der Waals surface area contributed by atoms with Gasteiger partial charge in [-0.15, -0.1) is 0 Å². The predicted octanol–water partition coefficient (Wildman–Crippen LogP) is 3.31. The smallest absolute Gasteiger partial charge is 0.123 e. The molecule has 1 N–H and O–H groups in total. The van der Waals surface area contributed by atoms with E-state index >= 15 is 0 Å². The zero-order chi connectivity index (χ0) is 14.8. The van der Waals surface area contributed by atoms with Crippen LogP contribution in [0.1, 0.15) is 18.9 Å². The van der Waals surface area contributed by atoms with Gasteiger partial charge in [0.1, 0.15) is 5.82 Å². The van der Waals surface area contributed by atoms with Gasteiger partial charge in [0, 0.05) is 19.3 Å². The standard InChI is InChI=1S/C16H22FN3/c1-4-6-16(5-2)19-13-20(3)12-18-11-14-7-9-15(17)10-8-14/h4,6-10,13,18H,1,5,11-12H2,2-3H3/b16-6+,19-13-. The number of allylic oxidation sites excluding steroid dienone is 3. The molecule has 1 aromatic carbocycles. The number of hydrogen-bond acceptors (Lipinski definition) is 2. The Balaban J connectivity index is 2.34. The van der Waals surface area contributed by atoms with Crippen LogP contribution in [0, 0.1) is 5.82 Å². The van der Waals surface area contributed by atoms with Crippen molar-refractivity contribution in [3.8, 4) is 0 Å². The fourth-order valence-corrected chi connectivity index (χ4v) is 1.58. The van der Waals surface area contributed by atoms with Gasteiger partial charge in [-0.3, -0.25) is 5.32 Å². The summed E-state index contributed by atoms with van der Waals surface area (Å²) in [6.07, 6.45) is 6.30. The summed E-state index contributed by atoms with van der Waals surface area (Å²) in [5, 5.41) is 3.27. The monoisotopic (exact) mass is 275 g/mol. The van der Waals surface area contributed by atoms with E-state index in [9.17, 15) is 4.39 Å². The van der Waals surface area contributed by atoms with Gasteiger partial charge in [0.05, 0.1) is 13.0 Å².